The first-order valence-electron chi connectivity index (χ1n) is 10.8. The number of aryl methyl sites for hydroxylation is 1. The van der Waals surface area contributed by atoms with Crippen LogP contribution in [0.5, 0.6) is 0 Å². The molecule has 9 heteroatoms. The molecule has 1 saturated heterocycles. The minimum absolute atomic E-state index is 0.0355. The zero-order valence-corrected chi connectivity index (χ0v) is 18.2. The number of pyridine rings is 1. The van der Waals surface area contributed by atoms with Gasteiger partial charge in [0.2, 0.25) is 11.8 Å². The van der Waals surface area contributed by atoms with E-state index >= 15 is 0 Å². The molecule has 172 valence electrons. The molecule has 0 aliphatic carbocycles. The standard InChI is InChI=1S/C23H29F2N5O2/c1-15-17(6-8-21(26)28-15)13-27-23(32)20(12-16-5-7-18(24)19(25)11-16)29-22(31)14-30-9-3-2-4-10-30/h5-8,11,20H,2-4,9-10,12-14H2,1H3,(H2,26,28)(H,27,32)(H,29,31). The first-order chi connectivity index (χ1) is 15.3. The summed E-state index contributed by atoms with van der Waals surface area (Å²) in [6.07, 6.45) is 3.27. The molecule has 2 heterocycles. The Balaban J connectivity index is 1.68. The number of likely N-dealkylation sites (tertiary alicyclic amines) is 1. The van der Waals surface area contributed by atoms with Gasteiger partial charge in [-0.15, -0.1) is 0 Å². The number of carbonyl (C=O) groups is 2. The lowest BCUT2D eigenvalue weighted by Crippen LogP contribution is -2.50. The van der Waals surface area contributed by atoms with Gasteiger partial charge in [-0.2, -0.15) is 0 Å². The Labute approximate surface area is 186 Å². The summed E-state index contributed by atoms with van der Waals surface area (Å²) in [5.74, 6) is -2.27. The molecule has 0 radical (unpaired) electrons. The number of amides is 2. The maximum absolute atomic E-state index is 13.7. The average molecular weight is 446 g/mol. The van der Waals surface area contributed by atoms with Crippen LogP contribution >= 0.6 is 0 Å². The first-order valence-corrected chi connectivity index (χ1v) is 10.8. The van der Waals surface area contributed by atoms with Gasteiger partial charge < -0.3 is 16.4 Å². The van der Waals surface area contributed by atoms with Gasteiger partial charge in [0.25, 0.3) is 0 Å². The van der Waals surface area contributed by atoms with Crippen LogP contribution < -0.4 is 16.4 Å². The predicted octanol–water partition coefficient (Wildman–Crippen LogP) is 2.08. The largest absolute Gasteiger partial charge is 0.384 e. The summed E-state index contributed by atoms with van der Waals surface area (Å²) in [5, 5.41) is 5.56. The highest BCUT2D eigenvalue weighted by Crippen LogP contribution is 2.12. The molecule has 0 bridgehead atoms. The van der Waals surface area contributed by atoms with Gasteiger partial charge in [0.15, 0.2) is 11.6 Å². The number of hydrogen-bond acceptors (Lipinski definition) is 5. The summed E-state index contributed by atoms with van der Waals surface area (Å²) in [4.78, 5) is 31.8. The third-order valence-electron chi connectivity index (χ3n) is 5.56. The van der Waals surface area contributed by atoms with Crippen LogP contribution in [0.3, 0.4) is 0 Å². The monoisotopic (exact) mass is 445 g/mol. The lowest BCUT2D eigenvalue weighted by Gasteiger charge is -2.27. The molecule has 32 heavy (non-hydrogen) atoms. The van der Waals surface area contributed by atoms with Crippen molar-refractivity contribution >= 4 is 17.6 Å². The van der Waals surface area contributed by atoms with Crippen LogP contribution in [0.4, 0.5) is 14.6 Å². The van der Waals surface area contributed by atoms with Gasteiger partial charge in [-0.25, -0.2) is 13.8 Å². The molecule has 1 atom stereocenters. The zero-order chi connectivity index (χ0) is 23.1. The third kappa shape index (κ3) is 6.71. The highest BCUT2D eigenvalue weighted by atomic mass is 19.2. The Bertz CT molecular complexity index is 963. The summed E-state index contributed by atoms with van der Waals surface area (Å²) < 4.78 is 27.0. The van der Waals surface area contributed by atoms with Gasteiger partial charge in [-0.1, -0.05) is 18.6 Å². The van der Waals surface area contributed by atoms with Crippen molar-refractivity contribution < 1.29 is 18.4 Å². The second-order valence-electron chi connectivity index (χ2n) is 8.11. The SMILES string of the molecule is Cc1nc(N)ccc1CNC(=O)C(Cc1ccc(F)c(F)c1)NC(=O)CN1CCCCC1. The first kappa shape index (κ1) is 23.6. The molecule has 1 aliphatic heterocycles. The molecule has 2 amide bonds. The topological polar surface area (TPSA) is 100 Å². The van der Waals surface area contributed by atoms with Crippen molar-refractivity contribution in [3.63, 3.8) is 0 Å². The molecule has 1 aliphatic rings. The quantitative estimate of drug-likeness (QED) is 0.578. The van der Waals surface area contributed by atoms with Crippen molar-refractivity contribution in [2.75, 3.05) is 25.4 Å². The summed E-state index contributed by atoms with van der Waals surface area (Å²) in [7, 11) is 0. The van der Waals surface area contributed by atoms with Crippen LogP contribution in [0.25, 0.3) is 0 Å². The van der Waals surface area contributed by atoms with Crippen LogP contribution in [-0.4, -0.2) is 47.4 Å². The normalized spacial score (nSPS) is 15.2. The molecule has 2 aromatic rings. The molecule has 1 aromatic carbocycles. The van der Waals surface area contributed by atoms with Crippen LogP contribution in [0.1, 0.15) is 36.1 Å². The number of nitrogen functional groups attached to an aromatic ring is 1. The summed E-state index contributed by atoms with van der Waals surface area (Å²) in [6.45, 7) is 3.88. The number of nitrogens with one attached hydrogen (secondary N) is 2. The fourth-order valence-corrected chi connectivity index (χ4v) is 3.77. The van der Waals surface area contributed by atoms with Crippen molar-refractivity contribution in [1.29, 1.82) is 0 Å². The maximum Gasteiger partial charge on any atom is 0.243 e. The fraction of sp³-hybridized carbons (Fsp3) is 0.435. The number of hydrogen-bond donors (Lipinski definition) is 3. The second-order valence-corrected chi connectivity index (χ2v) is 8.11. The number of anilines is 1. The smallest absolute Gasteiger partial charge is 0.243 e. The van der Waals surface area contributed by atoms with Gasteiger partial charge in [0.05, 0.1) is 6.54 Å². The van der Waals surface area contributed by atoms with Gasteiger partial charge in [0.1, 0.15) is 11.9 Å². The highest BCUT2D eigenvalue weighted by Gasteiger charge is 2.23. The van der Waals surface area contributed by atoms with E-state index in [1.807, 2.05) is 0 Å². The number of carbonyl (C=O) groups excluding carboxylic acids is 2. The molecule has 0 spiro atoms. The Hall–Kier alpha value is -3.07. The Kier molecular flexibility index (Phi) is 8.10. The molecule has 0 saturated carbocycles. The number of aromatic nitrogens is 1. The summed E-state index contributed by atoms with van der Waals surface area (Å²) in [6, 6.07) is 5.95. The van der Waals surface area contributed by atoms with Crippen LogP contribution in [-0.2, 0) is 22.6 Å². The Morgan fingerprint density at radius 1 is 1.12 bits per heavy atom. The van der Waals surface area contributed by atoms with Crippen molar-refractivity contribution in [3.05, 3.63) is 58.8 Å². The van der Waals surface area contributed by atoms with Crippen molar-refractivity contribution in [1.82, 2.24) is 20.5 Å². The van der Waals surface area contributed by atoms with E-state index in [4.69, 9.17) is 5.73 Å². The molecule has 7 nitrogen and oxygen atoms in total. The number of nitrogens with zero attached hydrogens (tertiary/aromatic N) is 2. The highest BCUT2D eigenvalue weighted by molar-refractivity contribution is 5.88. The molecule has 1 fully saturated rings. The Morgan fingerprint density at radius 3 is 2.56 bits per heavy atom. The minimum atomic E-state index is -0.995. The lowest BCUT2D eigenvalue weighted by atomic mass is 10.0. The van der Waals surface area contributed by atoms with Gasteiger partial charge in [-0.05, 0) is 62.2 Å². The third-order valence-corrected chi connectivity index (χ3v) is 5.56. The molecule has 1 aromatic heterocycles. The fourth-order valence-electron chi connectivity index (χ4n) is 3.77. The Morgan fingerprint density at radius 2 is 1.88 bits per heavy atom. The molecule has 1 unspecified atom stereocenters. The van der Waals surface area contributed by atoms with E-state index in [0.29, 0.717) is 17.1 Å². The number of benzene rings is 1. The van der Waals surface area contributed by atoms with Gasteiger partial charge in [-0.3, -0.25) is 14.5 Å². The van der Waals surface area contributed by atoms with Crippen molar-refractivity contribution in [2.45, 2.75) is 45.2 Å². The summed E-state index contributed by atoms with van der Waals surface area (Å²) >= 11 is 0. The zero-order valence-electron chi connectivity index (χ0n) is 18.2. The van der Waals surface area contributed by atoms with E-state index < -0.39 is 23.6 Å². The van der Waals surface area contributed by atoms with Crippen molar-refractivity contribution in [3.8, 4) is 0 Å². The minimum Gasteiger partial charge on any atom is -0.384 e. The van der Waals surface area contributed by atoms with E-state index in [2.05, 4.69) is 20.5 Å². The number of rotatable bonds is 8. The van der Waals surface area contributed by atoms with Crippen LogP contribution in [0.15, 0.2) is 30.3 Å². The van der Waals surface area contributed by atoms with Crippen molar-refractivity contribution in [2.24, 2.45) is 0 Å². The van der Waals surface area contributed by atoms with E-state index in [0.717, 1.165) is 50.0 Å². The maximum atomic E-state index is 13.7. The summed E-state index contributed by atoms with van der Waals surface area (Å²) in [5.41, 5.74) is 7.56. The van der Waals surface area contributed by atoms with Crippen LogP contribution in [0, 0.1) is 18.6 Å². The van der Waals surface area contributed by atoms with Gasteiger partial charge >= 0.3 is 0 Å². The van der Waals surface area contributed by atoms with Crippen LogP contribution in [0.2, 0.25) is 0 Å². The number of nitrogens with two attached hydrogens (primary N) is 1. The number of halogens is 2. The molecule has 4 N–H and O–H groups in total. The van der Waals surface area contributed by atoms with E-state index in [1.165, 1.54) is 6.07 Å². The average Bonchev–Trinajstić information content (AvgIpc) is 2.75. The molecular weight excluding hydrogens is 416 g/mol. The predicted molar refractivity (Wildman–Crippen MR) is 118 cm³/mol. The van der Waals surface area contributed by atoms with E-state index in [-0.39, 0.29) is 25.4 Å². The molecular formula is C23H29F2N5O2. The van der Waals surface area contributed by atoms with Gasteiger partial charge in [0, 0.05) is 18.7 Å². The van der Waals surface area contributed by atoms with E-state index in [9.17, 15) is 18.4 Å². The van der Waals surface area contributed by atoms with E-state index in [1.54, 1.807) is 19.1 Å². The number of piperidine rings is 1. The molecule has 3 rings (SSSR count). The second kappa shape index (κ2) is 11.0. The lowest BCUT2D eigenvalue weighted by molar-refractivity contribution is -0.129.